The average molecular weight is 196 g/mol. The van der Waals surface area contributed by atoms with E-state index in [1.807, 2.05) is 0 Å². The van der Waals surface area contributed by atoms with Crippen molar-refractivity contribution in [2.24, 2.45) is 5.18 Å². The number of aromatic nitrogens is 1. The first-order chi connectivity index (χ1) is 6.56. The molecule has 0 aliphatic rings. The predicted molar refractivity (Wildman–Crippen MR) is 47.3 cm³/mol. The largest absolute Gasteiger partial charge is 0.503 e. The van der Waals surface area contributed by atoms with Crippen molar-refractivity contribution in [3.05, 3.63) is 28.1 Å². The number of nitrogens with zero attached hydrogens (tertiary/aromatic N) is 2. The maximum absolute atomic E-state index is 10.8. The van der Waals surface area contributed by atoms with Crippen molar-refractivity contribution >= 4 is 11.5 Å². The Labute approximate surface area is 79.2 Å². The zero-order valence-corrected chi connectivity index (χ0v) is 7.64. The molecule has 74 valence electrons. The van der Waals surface area contributed by atoms with Gasteiger partial charge in [-0.2, -0.15) is 0 Å². The van der Waals surface area contributed by atoms with Gasteiger partial charge in [0.25, 0.3) is 0 Å². The Hall–Kier alpha value is -1.98. The number of Topliss-reactive ketones (excluding diaryl/α,β-unsaturated/α-hetero) is 1. The fraction of sp³-hybridized carbons (Fsp3) is 0.250. The van der Waals surface area contributed by atoms with Gasteiger partial charge in [0.1, 0.15) is 0 Å². The van der Waals surface area contributed by atoms with Crippen LogP contribution in [0.25, 0.3) is 5.76 Å². The van der Waals surface area contributed by atoms with Gasteiger partial charge in [-0.1, -0.05) is 5.16 Å². The molecule has 0 saturated heterocycles. The van der Waals surface area contributed by atoms with E-state index in [2.05, 4.69) is 14.9 Å². The zero-order valence-electron chi connectivity index (χ0n) is 7.64. The van der Waals surface area contributed by atoms with E-state index < -0.39 is 17.2 Å². The summed E-state index contributed by atoms with van der Waals surface area (Å²) in [7, 11) is 0. The van der Waals surface area contributed by atoms with Crippen LogP contribution in [-0.4, -0.2) is 16.0 Å². The van der Waals surface area contributed by atoms with Crippen LogP contribution in [0.1, 0.15) is 18.4 Å². The lowest BCUT2D eigenvalue weighted by Gasteiger charge is -1.94. The van der Waals surface area contributed by atoms with Crippen molar-refractivity contribution < 1.29 is 14.4 Å². The number of hydrogen-bond donors (Lipinski definition) is 1. The van der Waals surface area contributed by atoms with Gasteiger partial charge in [0.05, 0.1) is 5.69 Å². The second kappa shape index (κ2) is 3.82. The van der Waals surface area contributed by atoms with Crippen molar-refractivity contribution in [2.75, 3.05) is 0 Å². The van der Waals surface area contributed by atoms with Crippen LogP contribution in [0, 0.1) is 11.8 Å². The number of nitroso groups, excluding NO2 is 1. The Balaban J connectivity index is 3.20. The monoisotopic (exact) mass is 196 g/mol. The lowest BCUT2D eigenvalue weighted by atomic mass is 10.2. The Morgan fingerprint density at radius 3 is 2.64 bits per heavy atom. The molecular formula is C8H8N2O4. The summed E-state index contributed by atoms with van der Waals surface area (Å²) in [6.45, 7) is 2.76. The Morgan fingerprint density at radius 2 is 2.29 bits per heavy atom. The van der Waals surface area contributed by atoms with Crippen LogP contribution < -0.4 is 0 Å². The molecule has 6 heteroatoms. The second-order valence-electron chi connectivity index (χ2n) is 2.68. The van der Waals surface area contributed by atoms with E-state index in [0.717, 1.165) is 6.92 Å². The van der Waals surface area contributed by atoms with E-state index in [9.17, 15) is 14.8 Å². The van der Waals surface area contributed by atoms with Crippen molar-refractivity contribution in [3.8, 4) is 0 Å². The first-order valence-corrected chi connectivity index (χ1v) is 3.77. The minimum absolute atomic E-state index is 0.0488. The molecule has 0 fully saturated rings. The third-order valence-corrected chi connectivity index (χ3v) is 1.51. The number of ketones is 1. The normalized spacial score (nSPS) is 12.1. The number of carbonyl (C=O) groups excluding carboxylic acids is 1. The summed E-state index contributed by atoms with van der Waals surface area (Å²) in [5, 5.41) is 15.3. The van der Waals surface area contributed by atoms with Crippen LogP contribution in [0.3, 0.4) is 0 Å². The first kappa shape index (κ1) is 10.1. The zero-order chi connectivity index (χ0) is 10.7. The van der Waals surface area contributed by atoms with Crippen LogP contribution in [0.2, 0.25) is 0 Å². The van der Waals surface area contributed by atoms with Crippen molar-refractivity contribution in [2.45, 2.75) is 13.8 Å². The van der Waals surface area contributed by atoms with Crippen LogP contribution in [-0.2, 0) is 4.79 Å². The Bertz CT molecular complexity index is 405. The number of aliphatic hydroxyl groups excluding tert-OH is 1. The molecule has 0 radical (unpaired) electrons. The molecule has 14 heavy (non-hydrogen) atoms. The molecule has 1 N–H and O–H groups in total. The highest BCUT2D eigenvalue weighted by molar-refractivity contribution is 5.98. The molecule has 0 saturated carbocycles. The van der Waals surface area contributed by atoms with Crippen LogP contribution in [0.5, 0.6) is 0 Å². The molecule has 6 nitrogen and oxygen atoms in total. The molecule has 0 unspecified atom stereocenters. The summed E-state index contributed by atoms with van der Waals surface area (Å²) >= 11 is 0. The summed E-state index contributed by atoms with van der Waals surface area (Å²) in [6.07, 6.45) is 0. The van der Waals surface area contributed by atoms with Crippen LogP contribution >= 0.6 is 0 Å². The Kier molecular flexibility index (Phi) is 2.76. The van der Waals surface area contributed by atoms with Crippen molar-refractivity contribution in [1.82, 2.24) is 5.16 Å². The first-order valence-electron chi connectivity index (χ1n) is 3.77. The van der Waals surface area contributed by atoms with Gasteiger partial charge in [0.2, 0.25) is 5.76 Å². The number of rotatable bonds is 3. The topological polar surface area (TPSA) is 92.8 Å². The van der Waals surface area contributed by atoms with E-state index in [1.54, 1.807) is 6.92 Å². The molecule has 0 atom stereocenters. The lowest BCUT2D eigenvalue weighted by molar-refractivity contribution is -0.113. The highest BCUT2D eigenvalue weighted by atomic mass is 16.5. The molecule has 1 aromatic heterocycles. The highest BCUT2D eigenvalue weighted by Gasteiger charge is 2.17. The van der Waals surface area contributed by atoms with Gasteiger partial charge in [0.15, 0.2) is 17.2 Å². The summed E-state index contributed by atoms with van der Waals surface area (Å²) < 4.78 is 4.65. The fourth-order valence-electron chi connectivity index (χ4n) is 0.866. The molecule has 1 aromatic rings. The highest BCUT2D eigenvalue weighted by Crippen LogP contribution is 2.18. The van der Waals surface area contributed by atoms with E-state index in [4.69, 9.17) is 0 Å². The van der Waals surface area contributed by atoms with Gasteiger partial charge in [-0.05, 0) is 12.1 Å². The van der Waals surface area contributed by atoms with Gasteiger partial charge in [0, 0.05) is 13.0 Å². The van der Waals surface area contributed by atoms with E-state index in [-0.39, 0.29) is 5.76 Å². The maximum atomic E-state index is 10.8. The number of carbonyl (C=O) groups is 1. The number of hydrogen-bond acceptors (Lipinski definition) is 6. The predicted octanol–water partition coefficient (Wildman–Crippen LogP) is 1.57. The van der Waals surface area contributed by atoms with Gasteiger partial charge in [-0.15, -0.1) is 4.91 Å². The molecule has 0 spiro atoms. The smallest absolute Gasteiger partial charge is 0.204 e. The number of allylic oxidation sites excluding steroid dienone is 1. The minimum atomic E-state index is -0.633. The molecule has 1 rings (SSSR count). The summed E-state index contributed by atoms with van der Waals surface area (Å²) in [4.78, 5) is 21.0. The van der Waals surface area contributed by atoms with Crippen LogP contribution in [0.4, 0.5) is 0 Å². The molecule has 0 amide bonds. The summed E-state index contributed by atoms with van der Waals surface area (Å²) in [6, 6.07) is 1.39. The molecule has 0 aliphatic carbocycles. The molecule has 1 heterocycles. The SMILES string of the molecule is CC(=O)/C(N=O)=C(\O)c1cc(C)no1. The molecule has 0 aromatic carbocycles. The van der Waals surface area contributed by atoms with Gasteiger partial charge in [-0.3, -0.25) is 4.79 Å². The third-order valence-electron chi connectivity index (χ3n) is 1.51. The standard InChI is InChI=1S/C8H8N2O4/c1-4-3-6(14-10-4)8(12)7(9-13)5(2)11/h3,12H,1-2H3/b8-7+. The molecule has 0 bridgehead atoms. The van der Waals surface area contributed by atoms with Gasteiger partial charge < -0.3 is 9.63 Å². The van der Waals surface area contributed by atoms with Gasteiger partial charge in [-0.25, -0.2) is 0 Å². The minimum Gasteiger partial charge on any atom is -0.503 e. The lowest BCUT2D eigenvalue weighted by Crippen LogP contribution is -1.97. The van der Waals surface area contributed by atoms with Crippen molar-refractivity contribution in [1.29, 1.82) is 0 Å². The number of aryl methyl sites for hydroxylation is 1. The van der Waals surface area contributed by atoms with Crippen LogP contribution in [0.15, 0.2) is 21.5 Å². The summed E-state index contributed by atoms with van der Waals surface area (Å²) in [5.74, 6) is -1.27. The van der Waals surface area contributed by atoms with E-state index in [0.29, 0.717) is 5.69 Å². The third kappa shape index (κ3) is 1.85. The van der Waals surface area contributed by atoms with Crippen molar-refractivity contribution in [3.63, 3.8) is 0 Å². The van der Waals surface area contributed by atoms with E-state index in [1.165, 1.54) is 6.07 Å². The Morgan fingerprint density at radius 1 is 1.64 bits per heavy atom. The summed E-state index contributed by atoms with van der Waals surface area (Å²) in [5.41, 5.74) is -0.0403. The second-order valence-corrected chi connectivity index (χ2v) is 2.68. The maximum Gasteiger partial charge on any atom is 0.204 e. The molecule has 0 aliphatic heterocycles. The van der Waals surface area contributed by atoms with Gasteiger partial charge >= 0.3 is 0 Å². The quantitative estimate of drug-likeness (QED) is 0.450. The fourth-order valence-corrected chi connectivity index (χ4v) is 0.866. The molecular weight excluding hydrogens is 188 g/mol. The number of aliphatic hydroxyl groups is 1. The average Bonchev–Trinajstić information content (AvgIpc) is 2.52. The van der Waals surface area contributed by atoms with E-state index >= 15 is 0 Å².